The Morgan fingerprint density at radius 3 is 0.648 bits per heavy atom. The van der Waals surface area contributed by atoms with Crippen molar-refractivity contribution in [1.29, 1.82) is 0 Å². The van der Waals surface area contributed by atoms with Crippen LogP contribution in [0.25, 0.3) is 0 Å². The summed E-state index contributed by atoms with van der Waals surface area (Å²) in [7, 11) is 0. The maximum absolute atomic E-state index is 5.88. The summed E-state index contributed by atoms with van der Waals surface area (Å²) >= 11 is 0. The summed E-state index contributed by atoms with van der Waals surface area (Å²) < 4.78 is 0. The minimum Gasteiger partial charge on any atom is -0.329 e. The quantitative estimate of drug-likeness (QED) is 0.0362. The largest absolute Gasteiger partial charge is 0.329 e. The van der Waals surface area contributed by atoms with Crippen molar-refractivity contribution in [3.63, 3.8) is 0 Å². The van der Waals surface area contributed by atoms with E-state index >= 15 is 0 Å². The zero-order valence-corrected chi connectivity index (χ0v) is 84.5. The molecule has 0 aliphatic rings. The first-order chi connectivity index (χ1) is 57.7. The molecule has 0 bridgehead atoms. The molecule has 0 saturated heterocycles. The molecule has 0 spiro atoms. The van der Waals surface area contributed by atoms with Gasteiger partial charge in [0.05, 0.1) is 0 Å². The van der Waals surface area contributed by atoms with Gasteiger partial charge in [0, 0.05) is 189 Å². The number of hydrogen-bond donors (Lipinski definition) is 27. The Hall–Kier alpha value is -1.16. The highest BCUT2D eigenvalue weighted by Gasteiger charge is 2.15. The summed E-state index contributed by atoms with van der Waals surface area (Å²) in [6.07, 6.45) is 31.3. The Labute approximate surface area is 758 Å². The van der Waals surface area contributed by atoms with E-state index in [1.807, 2.05) is 48.5 Å². The fourth-order valence-corrected chi connectivity index (χ4v) is 12.6. The highest BCUT2D eigenvalue weighted by molar-refractivity contribution is 4.75. The van der Waals surface area contributed by atoms with Crippen molar-refractivity contribution >= 4 is 0 Å². The fraction of sp³-hybridized carbons (Fsp3) is 1.00. The van der Waals surface area contributed by atoms with Gasteiger partial charge in [0.1, 0.15) is 0 Å². The smallest absolute Gasteiger partial charge is 0.0139 e. The molecule has 746 valence electrons. The molecule has 0 saturated carbocycles. The number of nitrogens with one attached hydrogen (secondary N) is 11. The average molecular weight is 1750 g/mol. The van der Waals surface area contributed by atoms with E-state index in [1.165, 1.54) is 109 Å². The van der Waals surface area contributed by atoms with E-state index in [2.05, 4.69) is 151 Å². The third-order valence-electron chi connectivity index (χ3n) is 20.0. The van der Waals surface area contributed by atoms with Gasteiger partial charge < -0.3 is 155 Å². The lowest BCUT2D eigenvalue weighted by Crippen LogP contribution is -2.44. The molecule has 0 aromatic carbocycles. The normalized spacial score (nSPS) is 16.2. The number of nitrogens with zero attached hydrogens (tertiary/aromatic N) is 2. The lowest BCUT2D eigenvalue weighted by Gasteiger charge is -2.28. The molecular weight excluding hydrogens is 1520 g/mol. The van der Waals surface area contributed by atoms with E-state index in [1.54, 1.807) is 0 Å². The van der Waals surface area contributed by atoms with E-state index in [0.717, 1.165) is 259 Å². The second kappa shape index (κ2) is 104. The molecule has 29 heteroatoms. The second-order valence-corrected chi connectivity index (χ2v) is 38.2. The maximum Gasteiger partial charge on any atom is 0.0139 e. The standard InChI is InChI=1S/C19H44N4.C15H36N4.C13H34N6.2C13H32N4.C12H29N3.C8H22N4/c1-16(8-10-18(3)20)14-22-12-6-5-7-13-23-15-17(2)9-11-19(4)21;1-13(7-8-14(2)16)11-18-9-5-4-6-10-19-12-15(3)17;1-11(14)8-17-4-6-19(10-13(3)16)7-5-18-9-12(2)15;1-10(5-6-11(2)14)7-17(8-12(3)15)9-13(4)16;1-12(14)6-10-16-8-4-3-5-9-17-11-7-13(2)15;1-11(13)7-3-5-9-15-10-6-4-8-12(2)14;1-8(10)2-4-11-6-7-12-5-3-9/h16-19,22-23H,5-15,20-21H2,1-4H3;13-15,18-19H,4-12,16-17H2,1-3H3;11-13,17-18H,4-10,14-16H2,1-3H3;10-13H,5-9,14-16H2,1-4H3;12-13,16-17H,3-11,14-15H2,1-2H3;11-12,15H,3-10,13-14H2,1-2H3;8,11-12H,2-7,9-10H2,1H3. The molecule has 43 N–H and O–H groups in total. The lowest BCUT2D eigenvalue weighted by atomic mass is 10.0. The molecule has 0 heterocycles. The summed E-state index contributed by atoms with van der Waals surface area (Å²) in [4.78, 5) is 4.74. The first kappa shape index (κ1) is 134. The van der Waals surface area contributed by atoms with Gasteiger partial charge in [-0.25, -0.2) is 0 Å². The van der Waals surface area contributed by atoms with E-state index in [9.17, 15) is 0 Å². The molecular formula is C93H229N29. The van der Waals surface area contributed by atoms with Crippen LogP contribution >= 0.6 is 0 Å². The summed E-state index contributed by atoms with van der Waals surface area (Å²) in [5.41, 5.74) is 91.3. The third kappa shape index (κ3) is 142. The zero-order valence-electron chi connectivity index (χ0n) is 84.5. The molecule has 29 nitrogen and oxygen atoms in total. The molecule has 0 fully saturated rings. The van der Waals surface area contributed by atoms with E-state index in [0.29, 0.717) is 66.8 Å². The molecule has 0 amide bonds. The zero-order chi connectivity index (χ0) is 93.8. The minimum absolute atomic E-state index is 0.196. The van der Waals surface area contributed by atoms with Crippen molar-refractivity contribution < 1.29 is 0 Å². The fourth-order valence-electron chi connectivity index (χ4n) is 12.6. The van der Waals surface area contributed by atoms with Crippen LogP contribution in [0.4, 0.5) is 0 Å². The van der Waals surface area contributed by atoms with Gasteiger partial charge in [0.25, 0.3) is 0 Å². The van der Waals surface area contributed by atoms with Gasteiger partial charge in [-0.3, -0.25) is 4.90 Å². The van der Waals surface area contributed by atoms with E-state index in [4.69, 9.17) is 91.7 Å². The van der Waals surface area contributed by atoms with Crippen molar-refractivity contribution in [3.8, 4) is 0 Å². The first-order valence-electron chi connectivity index (χ1n) is 49.9. The average Bonchev–Trinajstić information content (AvgIpc) is 0.938. The Morgan fingerprint density at radius 1 is 0.164 bits per heavy atom. The van der Waals surface area contributed by atoms with Crippen LogP contribution < -0.4 is 150 Å². The van der Waals surface area contributed by atoms with Crippen LogP contribution in [0.2, 0.25) is 0 Å². The van der Waals surface area contributed by atoms with Crippen LogP contribution in [0.5, 0.6) is 0 Å². The Kier molecular flexibility index (Phi) is 114. The lowest BCUT2D eigenvalue weighted by molar-refractivity contribution is 0.211. The molecule has 0 aromatic heterocycles. The molecule has 0 aromatic rings. The van der Waals surface area contributed by atoms with Gasteiger partial charge in [-0.15, -0.1) is 0 Å². The van der Waals surface area contributed by atoms with Crippen molar-refractivity contribution in [1.82, 2.24) is 68.3 Å². The Balaban J connectivity index is -0.000000255. The van der Waals surface area contributed by atoms with Gasteiger partial charge >= 0.3 is 0 Å². The summed E-state index contributed by atoms with van der Waals surface area (Å²) in [5, 5.41) is 37.5. The highest BCUT2D eigenvalue weighted by Crippen LogP contribution is 2.12. The molecule has 0 radical (unpaired) electrons. The van der Waals surface area contributed by atoms with Crippen molar-refractivity contribution in [2.45, 2.75) is 389 Å². The van der Waals surface area contributed by atoms with Crippen LogP contribution in [0.15, 0.2) is 0 Å². The second-order valence-electron chi connectivity index (χ2n) is 38.2. The number of unbranched alkanes of at least 4 members (excludes halogenated alkanes) is 8. The summed E-state index contributed by atoms with van der Waals surface area (Å²) in [6, 6.07) is 4.24. The monoisotopic (exact) mass is 1750 g/mol. The highest BCUT2D eigenvalue weighted by atomic mass is 15.2. The number of nitrogens with two attached hydrogens (primary N) is 16. The van der Waals surface area contributed by atoms with Crippen LogP contribution in [0.3, 0.4) is 0 Å². The van der Waals surface area contributed by atoms with Crippen LogP contribution in [-0.2, 0) is 0 Å². The minimum atomic E-state index is 0.196. The molecule has 122 heavy (non-hydrogen) atoms. The number of hydrogen-bond acceptors (Lipinski definition) is 29. The topological polar surface area (TPSA) is 555 Å². The summed E-state index contributed by atoms with van der Waals surface area (Å²) in [6.45, 7) is 69.4. The van der Waals surface area contributed by atoms with Crippen molar-refractivity contribution in [3.05, 3.63) is 0 Å². The molecule has 0 rings (SSSR count). The van der Waals surface area contributed by atoms with Crippen molar-refractivity contribution in [2.75, 3.05) is 190 Å². The Bertz CT molecular complexity index is 1800. The predicted octanol–water partition coefficient (Wildman–Crippen LogP) is 4.85. The molecule has 19 atom stereocenters. The SMILES string of the molecule is CC(N)CCC(C)CN(CC(C)N)CC(C)N.CC(N)CCC(C)CNCCCCCNCC(C)CCC(C)N.CC(N)CCC(C)CNCCCCCNCC(C)N.CC(N)CCCCNCCCCC(C)N.CC(N)CCNCCCCCNCCC(C)N.CC(N)CCNCCNCCN.CC(N)CNCCN(CCNCC(C)N)CC(C)N. The predicted molar refractivity (Wildman–Crippen MR) is 545 cm³/mol. The van der Waals surface area contributed by atoms with Crippen LogP contribution in [0.1, 0.15) is 298 Å². The molecule has 19 unspecified atom stereocenters. The molecule has 0 aliphatic carbocycles. The third-order valence-corrected chi connectivity index (χ3v) is 20.0. The number of rotatable bonds is 80. The van der Waals surface area contributed by atoms with Gasteiger partial charge in [0.15, 0.2) is 0 Å². The van der Waals surface area contributed by atoms with Gasteiger partial charge in [-0.05, 0) is 354 Å². The molecule has 0 aliphatic heterocycles. The van der Waals surface area contributed by atoms with Crippen LogP contribution in [0, 0.1) is 23.7 Å². The van der Waals surface area contributed by atoms with Crippen molar-refractivity contribution in [2.24, 2.45) is 115 Å². The van der Waals surface area contributed by atoms with Crippen LogP contribution in [-0.4, -0.2) is 290 Å². The van der Waals surface area contributed by atoms with Gasteiger partial charge in [-0.1, -0.05) is 59.8 Å². The van der Waals surface area contributed by atoms with Gasteiger partial charge in [-0.2, -0.15) is 0 Å². The van der Waals surface area contributed by atoms with E-state index in [-0.39, 0.29) is 36.3 Å². The van der Waals surface area contributed by atoms with Gasteiger partial charge in [0.2, 0.25) is 0 Å². The first-order valence-corrected chi connectivity index (χ1v) is 49.9. The maximum atomic E-state index is 5.88. The Morgan fingerprint density at radius 2 is 0.385 bits per heavy atom. The summed E-state index contributed by atoms with van der Waals surface area (Å²) in [5.74, 6) is 2.86. The van der Waals surface area contributed by atoms with E-state index < -0.39 is 0 Å².